The van der Waals surface area contributed by atoms with Gasteiger partial charge in [-0.05, 0) is 86.5 Å². The number of aliphatic imine (C=N–C) groups is 3. The van der Waals surface area contributed by atoms with E-state index in [0.29, 0.717) is 43.4 Å². The summed E-state index contributed by atoms with van der Waals surface area (Å²) in [5.41, 5.74) is 28.3. The zero-order valence-corrected chi connectivity index (χ0v) is 48.1. The lowest BCUT2D eigenvalue weighted by Gasteiger charge is -2.29. The number of carbonyl (C=O) groups excluding carboxylic acids is 10. The second-order valence-corrected chi connectivity index (χ2v) is 20.3. The first kappa shape index (κ1) is 69.6. The molecule has 0 fully saturated rings. The number of guanidine groups is 2. The van der Waals surface area contributed by atoms with E-state index in [4.69, 9.17) is 28.7 Å². The first-order valence-electron chi connectivity index (χ1n) is 27.0. The summed E-state index contributed by atoms with van der Waals surface area (Å²) < 4.78 is 0. The highest BCUT2D eigenvalue weighted by Gasteiger charge is 2.35. The van der Waals surface area contributed by atoms with Crippen molar-refractivity contribution in [3.05, 3.63) is 71.8 Å². The lowest BCUT2D eigenvalue weighted by molar-refractivity contribution is -0.136. The normalized spacial score (nSPS) is 13.3. The quantitative estimate of drug-likeness (QED) is 0.0145. The van der Waals surface area contributed by atoms with Crippen molar-refractivity contribution in [3.8, 4) is 0 Å². The Balaban J connectivity index is 2.37. The fourth-order valence-electron chi connectivity index (χ4n) is 8.15. The zero-order valence-electron chi connectivity index (χ0n) is 47.3. The molecule has 28 heteroatoms. The van der Waals surface area contributed by atoms with Gasteiger partial charge in [0, 0.05) is 39.4 Å². The molecule has 2 aromatic carbocycles. The summed E-state index contributed by atoms with van der Waals surface area (Å²) >= 11 is 4.66. The van der Waals surface area contributed by atoms with Gasteiger partial charge in [0.15, 0.2) is 11.9 Å². The molecule has 0 heterocycles. The van der Waals surface area contributed by atoms with Crippen LogP contribution in [0.2, 0.25) is 0 Å². The number of isothiocyanates is 1. The molecule has 2 aromatic rings. The number of thiocarbonyl (C=S) groups is 1. The van der Waals surface area contributed by atoms with Crippen molar-refractivity contribution in [1.82, 2.24) is 47.9 Å². The number of benzene rings is 2. The molecule has 0 unspecified atom stereocenters. The molecular formula is C54H83N17O10S. The average molecular weight is 1160 g/mol. The van der Waals surface area contributed by atoms with Gasteiger partial charge in [-0.3, -0.25) is 57.9 Å². The summed E-state index contributed by atoms with van der Waals surface area (Å²) in [6, 6.07) is 8.99. The van der Waals surface area contributed by atoms with Gasteiger partial charge in [0.25, 0.3) is 0 Å². The summed E-state index contributed by atoms with van der Waals surface area (Å²) in [5.74, 6) is -8.29. The summed E-state index contributed by atoms with van der Waals surface area (Å²) in [6.45, 7) is 7.72. The molecular weight excluding hydrogens is 1080 g/mol. The molecule has 0 aliphatic carbocycles. The highest BCUT2D eigenvalue weighted by molar-refractivity contribution is 7.78. The lowest BCUT2D eigenvalue weighted by Crippen LogP contribution is -2.61. The number of carbonyl (C=O) groups is 10. The fourth-order valence-corrected chi connectivity index (χ4v) is 8.24. The maximum atomic E-state index is 14.5. The molecule has 10 amide bonds. The molecule has 27 nitrogen and oxygen atoms in total. The smallest absolute Gasteiger partial charge is 0.243 e. The Kier molecular flexibility index (Phi) is 32.4. The van der Waals surface area contributed by atoms with Crippen molar-refractivity contribution in [1.29, 1.82) is 0 Å². The Hall–Kier alpha value is -8.52. The van der Waals surface area contributed by atoms with E-state index in [9.17, 15) is 47.9 Å². The van der Waals surface area contributed by atoms with Crippen molar-refractivity contribution in [2.45, 2.75) is 141 Å². The zero-order chi connectivity index (χ0) is 61.1. The van der Waals surface area contributed by atoms with Crippen molar-refractivity contribution < 1.29 is 47.9 Å². The molecule has 2 rings (SSSR count). The molecule has 0 aromatic heterocycles. The molecule has 0 aliphatic heterocycles. The summed E-state index contributed by atoms with van der Waals surface area (Å²) in [4.78, 5) is 146. The van der Waals surface area contributed by atoms with Crippen LogP contribution in [0.5, 0.6) is 0 Å². The minimum Gasteiger partial charge on any atom is -0.370 e. The van der Waals surface area contributed by atoms with E-state index in [-0.39, 0.29) is 69.5 Å². The van der Waals surface area contributed by atoms with Crippen LogP contribution in [0.15, 0.2) is 75.6 Å². The minimum atomic E-state index is -1.33. The van der Waals surface area contributed by atoms with Crippen molar-refractivity contribution in [2.75, 3.05) is 32.7 Å². The molecule has 0 spiro atoms. The van der Waals surface area contributed by atoms with Crippen LogP contribution >= 0.6 is 12.2 Å². The van der Waals surface area contributed by atoms with Crippen LogP contribution in [-0.4, -0.2) is 151 Å². The molecule has 7 atom stereocenters. The maximum Gasteiger partial charge on any atom is 0.243 e. The Morgan fingerprint density at radius 1 is 0.488 bits per heavy atom. The van der Waals surface area contributed by atoms with Crippen LogP contribution in [0.1, 0.15) is 97.1 Å². The van der Waals surface area contributed by atoms with Crippen LogP contribution in [0.4, 0.5) is 0 Å². The molecule has 450 valence electrons. The second-order valence-electron chi connectivity index (χ2n) is 20.1. The van der Waals surface area contributed by atoms with E-state index in [1.54, 1.807) is 74.5 Å². The molecule has 0 aliphatic rings. The molecule has 0 saturated heterocycles. The number of unbranched alkanes of at least 4 members (excludes halogenated alkanes) is 1. The summed E-state index contributed by atoms with van der Waals surface area (Å²) in [6.07, 6.45) is 1.82. The Labute approximate surface area is 483 Å². The molecule has 0 bridgehead atoms. The Morgan fingerprint density at radius 2 is 0.915 bits per heavy atom. The van der Waals surface area contributed by atoms with Gasteiger partial charge >= 0.3 is 0 Å². The van der Waals surface area contributed by atoms with Crippen molar-refractivity contribution in [2.24, 2.45) is 55.5 Å². The molecule has 19 N–H and O–H groups in total. The van der Waals surface area contributed by atoms with Crippen LogP contribution in [0, 0.1) is 11.8 Å². The van der Waals surface area contributed by atoms with Crippen LogP contribution in [-0.2, 0) is 60.8 Å². The number of primary amides is 1. The average Bonchev–Trinajstić information content (AvgIpc) is 3.41. The predicted molar refractivity (Wildman–Crippen MR) is 313 cm³/mol. The van der Waals surface area contributed by atoms with E-state index in [2.05, 4.69) is 80.2 Å². The van der Waals surface area contributed by atoms with E-state index < -0.39 is 120 Å². The van der Waals surface area contributed by atoms with Gasteiger partial charge in [-0.2, -0.15) is 0 Å². The van der Waals surface area contributed by atoms with Gasteiger partial charge in [-0.25, -0.2) is 4.99 Å². The molecule has 0 radical (unpaired) electrons. The van der Waals surface area contributed by atoms with E-state index in [1.807, 2.05) is 13.8 Å². The molecule has 0 saturated carbocycles. The Morgan fingerprint density at radius 3 is 1.39 bits per heavy atom. The van der Waals surface area contributed by atoms with Crippen LogP contribution in [0.3, 0.4) is 0 Å². The topological polar surface area (TPSA) is 446 Å². The number of nitrogens with one attached hydrogen (secondary N) is 9. The minimum absolute atomic E-state index is 0.0399. The van der Waals surface area contributed by atoms with Gasteiger partial charge in [0.1, 0.15) is 42.3 Å². The fraction of sp³-hybridized carbons (Fsp3) is 0.537. The second kappa shape index (κ2) is 38.2. The third kappa shape index (κ3) is 29.1. The largest absolute Gasteiger partial charge is 0.370 e. The van der Waals surface area contributed by atoms with Crippen LogP contribution in [0.25, 0.3) is 0 Å². The first-order valence-corrected chi connectivity index (χ1v) is 27.5. The highest BCUT2D eigenvalue weighted by atomic mass is 32.1. The van der Waals surface area contributed by atoms with Crippen LogP contribution < -0.4 is 76.5 Å². The predicted octanol–water partition coefficient (Wildman–Crippen LogP) is -2.31. The standard InChI is InChI=1S/C54H83N17O10S/c1-32(2)26-40(68-49(78)39(20-12-13-23-60-31-82)67-44(74)30-63-47(76)38(65-34(5)72)22-15-25-62-54(58)59)51(80)71-45(33(3)4)52(81)70-42(28-36-18-10-7-11-19-36)50(79)69-41(27-35-16-8-6-9-17-35)48(77)64-29-43(73)66-37(46(55)75)21-14-24-61-53(56)57/h6-11,16-19,32-33,37-42,45H,12-15,20-30H2,1-5H3,(H2,55,75)(H,63,76)(H,64,77)(H,65,72)(H,66,73)(H,67,74)(H,68,78)(H,69,79)(H,70,81)(H,71,80)(H4,56,57,61)(H4,58,59,62)/t37-,38-,39-,40-,41-,42-,45-/m0/s1. The van der Waals surface area contributed by atoms with Gasteiger partial charge < -0.3 is 76.5 Å². The Bertz CT molecular complexity index is 2540. The van der Waals surface area contributed by atoms with E-state index in [1.165, 1.54) is 6.92 Å². The lowest BCUT2D eigenvalue weighted by atomic mass is 9.98. The maximum absolute atomic E-state index is 14.5. The van der Waals surface area contributed by atoms with Crippen molar-refractivity contribution >= 4 is 88.4 Å². The third-order valence-corrected chi connectivity index (χ3v) is 12.4. The van der Waals surface area contributed by atoms with Gasteiger partial charge in [-0.15, -0.1) is 0 Å². The number of rotatable bonds is 38. The number of nitrogens with zero attached hydrogens (tertiary/aromatic N) is 3. The van der Waals surface area contributed by atoms with Gasteiger partial charge in [-0.1, -0.05) is 88.4 Å². The summed E-state index contributed by atoms with van der Waals surface area (Å²) in [5, 5.41) is 26.0. The van der Waals surface area contributed by atoms with Gasteiger partial charge in [0.05, 0.1) is 18.3 Å². The number of nitrogens with two attached hydrogens (primary N) is 5. The number of hydrogen-bond acceptors (Lipinski definition) is 14. The van der Waals surface area contributed by atoms with Crippen molar-refractivity contribution in [3.63, 3.8) is 0 Å². The highest BCUT2D eigenvalue weighted by Crippen LogP contribution is 2.13. The monoisotopic (exact) mass is 1160 g/mol. The number of hydrogen-bond donors (Lipinski definition) is 14. The van der Waals surface area contributed by atoms with E-state index in [0.717, 1.165) is 0 Å². The SMILES string of the molecule is CC(=O)N[C@@H](CCCN=C(N)N)C(=O)NCC(=O)N[C@@H](CCCCN=C=S)C(=O)N[C@@H](CC(C)C)C(=O)N[C@H](C(=O)N[C@@H](Cc1ccccc1)C(=O)N[C@@H](Cc1ccccc1)C(=O)NCC(=O)N[C@@H](CCCN=C(N)N)C(N)=O)C(C)C. The van der Waals surface area contributed by atoms with Gasteiger partial charge in [0.2, 0.25) is 59.1 Å². The molecule has 82 heavy (non-hydrogen) atoms. The summed E-state index contributed by atoms with van der Waals surface area (Å²) in [7, 11) is 0. The van der Waals surface area contributed by atoms with E-state index >= 15 is 0 Å². The number of amides is 10. The first-order chi connectivity index (χ1) is 38.9. The third-order valence-electron chi connectivity index (χ3n) is 12.3.